The topological polar surface area (TPSA) is 45.0 Å². The zero-order valence-corrected chi connectivity index (χ0v) is 11.5. The van der Waals surface area contributed by atoms with E-state index in [-0.39, 0.29) is 5.54 Å². The molecule has 0 aliphatic heterocycles. The van der Waals surface area contributed by atoms with Crippen LogP contribution in [0.3, 0.4) is 0 Å². The molecule has 0 bridgehead atoms. The van der Waals surface area contributed by atoms with Gasteiger partial charge in [0.15, 0.2) is 0 Å². The number of hydrogen-bond acceptors (Lipinski definition) is 3. The SMILES string of the molecule is CCC(C#N)(CCCOCC1CC1)NC(C)C. The van der Waals surface area contributed by atoms with Gasteiger partial charge in [0.25, 0.3) is 0 Å². The van der Waals surface area contributed by atoms with Crippen molar-refractivity contribution in [3.63, 3.8) is 0 Å². The quantitative estimate of drug-likeness (QED) is 0.628. The molecule has 0 amide bonds. The summed E-state index contributed by atoms with van der Waals surface area (Å²) in [5, 5.41) is 12.7. The fourth-order valence-electron chi connectivity index (χ4n) is 2.08. The minimum atomic E-state index is -0.364. The molecule has 1 aliphatic rings. The molecule has 3 nitrogen and oxygen atoms in total. The van der Waals surface area contributed by atoms with Crippen LogP contribution in [0, 0.1) is 17.2 Å². The highest BCUT2D eigenvalue weighted by Gasteiger charge is 2.28. The average molecular weight is 238 g/mol. The molecule has 1 N–H and O–H groups in total. The molecule has 1 atom stereocenters. The summed E-state index contributed by atoms with van der Waals surface area (Å²) < 4.78 is 5.61. The van der Waals surface area contributed by atoms with Gasteiger partial charge >= 0.3 is 0 Å². The van der Waals surface area contributed by atoms with E-state index in [0.717, 1.165) is 38.4 Å². The predicted molar refractivity (Wildman–Crippen MR) is 69.7 cm³/mol. The Hall–Kier alpha value is -0.590. The molecular formula is C14H26N2O. The summed E-state index contributed by atoms with van der Waals surface area (Å²) in [7, 11) is 0. The molecular weight excluding hydrogens is 212 g/mol. The molecule has 1 fully saturated rings. The van der Waals surface area contributed by atoms with Crippen LogP contribution >= 0.6 is 0 Å². The van der Waals surface area contributed by atoms with Crippen LogP contribution in [-0.2, 0) is 4.74 Å². The Bertz CT molecular complexity index is 255. The van der Waals surface area contributed by atoms with Crippen molar-refractivity contribution in [1.29, 1.82) is 5.26 Å². The van der Waals surface area contributed by atoms with Crippen molar-refractivity contribution in [2.75, 3.05) is 13.2 Å². The Kier molecular flexibility index (Phi) is 5.94. The normalized spacial score (nSPS) is 19.0. The van der Waals surface area contributed by atoms with E-state index in [1.54, 1.807) is 0 Å². The van der Waals surface area contributed by atoms with Crippen molar-refractivity contribution in [3.05, 3.63) is 0 Å². The van der Waals surface area contributed by atoms with Crippen molar-refractivity contribution in [3.8, 4) is 6.07 Å². The van der Waals surface area contributed by atoms with Crippen LogP contribution in [0.15, 0.2) is 0 Å². The third-order valence-corrected chi connectivity index (χ3v) is 3.33. The lowest BCUT2D eigenvalue weighted by Gasteiger charge is -2.29. The molecule has 0 aromatic rings. The summed E-state index contributed by atoms with van der Waals surface area (Å²) in [6.07, 6.45) is 5.37. The number of rotatable bonds is 9. The average Bonchev–Trinajstić information content (AvgIpc) is 3.10. The minimum absolute atomic E-state index is 0.349. The van der Waals surface area contributed by atoms with Crippen molar-refractivity contribution >= 4 is 0 Å². The number of hydrogen-bond donors (Lipinski definition) is 1. The van der Waals surface area contributed by atoms with Crippen LogP contribution in [0.4, 0.5) is 0 Å². The standard InChI is InChI=1S/C14H26N2O/c1-4-14(11-15,16-12(2)3)8-5-9-17-10-13-6-7-13/h12-13,16H,4-10H2,1-3H3. The van der Waals surface area contributed by atoms with E-state index in [1.165, 1.54) is 12.8 Å². The number of ether oxygens (including phenoxy) is 1. The highest BCUT2D eigenvalue weighted by atomic mass is 16.5. The fourth-order valence-corrected chi connectivity index (χ4v) is 2.08. The molecule has 0 aromatic heterocycles. The Labute approximate surface area is 106 Å². The molecule has 0 radical (unpaired) electrons. The van der Waals surface area contributed by atoms with Gasteiger partial charge in [-0.1, -0.05) is 6.92 Å². The van der Waals surface area contributed by atoms with E-state index >= 15 is 0 Å². The first-order valence-corrected chi connectivity index (χ1v) is 6.88. The first-order chi connectivity index (χ1) is 8.12. The highest BCUT2D eigenvalue weighted by molar-refractivity contribution is 5.06. The van der Waals surface area contributed by atoms with Crippen LogP contribution in [0.2, 0.25) is 0 Å². The molecule has 0 spiro atoms. The lowest BCUT2D eigenvalue weighted by molar-refractivity contribution is 0.115. The summed E-state index contributed by atoms with van der Waals surface area (Å²) in [5.41, 5.74) is -0.364. The van der Waals surface area contributed by atoms with E-state index < -0.39 is 0 Å². The van der Waals surface area contributed by atoms with E-state index in [9.17, 15) is 5.26 Å². The molecule has 17 heavy (non-hydrogen) atoms. The van der Waals surface area contributed by atoms with Crippen LogP contribution in [-0.4, -0.2) is 24.8 Å². The Morgan fingerprint density at radius 2 is 2.18 bits per heavy atom. The van der Waals surface area contributed by atoms with Crippen LogP contribution in [0.1, 0.15) is 52.9 Å². The zero-order valence-electron chi connectivity index (χ0n) is 11.5. The largest absolute Gasteiger partial charge is 0.381 e. The summed E-state index contributed by atoms with van der Waals surface area (Å²) in [4.78, 5) is 0. The Balaban J connectivity index is 2.20. The van der Waals surface area contributed by atoms with Gasteiger partial charge in [0.1, 0.15) is 5.54 Å². The van der Waals surface area contributed by atoms with Gasteiger partial charge < -0.3 is 4.74 Å². The smallest absolute Gasteiger partial charge is 0.106 e. The third kappa shape index (κ3) is 5.52. The summed E-state index contributed by atoms with van der Waals surface area (Å²) in [6, 6.07) is 2.79. The highest BCUT2D eigenvalue weighted by Crippen LogP contribution is 2.28. The molecule has 98 valence electrons. The first kappa shape index (κ1) is 14.5. The van der Waals surface area contributed by atoms with Gasteiger partial charge in [0.05, 0.1) is 6.07 Å². The number of nitrogens with zero attached hydrogens (tertiary/aromatic N) is 1. The van der Waals surface area contributed by atoms with Crippen molar-refractivity contribution in [2.45, 2.75) is 64.5 Å². The van der Waals surface area contributed by atoms with Crippen LogP contribution in [0.5, 0.6) is 0 Å². The van der Waals surface area contributed by atoms with Gasteiger partial charge in [-0.25, -0.2) is 0 Å². The van der Waals surface area contributed by atoms with Crippen molar-refractivity contribution in [2.24, 2.45) is 5.92 Å². The van der Waals surface area contributed by atoms with Crippen LogP contribution in [0.25, 0.3) is 0 Å². The summed E-state index contributed by atoms with van der Waals surface area (Å²) >= 11 is 0. The van der Waals surface area contributed by atoms with Gasteiger partial charge in [-0.3, -0.25) is 5.32 Å². The second kappa shape index (κ2) is 6.98. The predicted octanol–water partition coefficient (Wildman–Crippen LogP) is 2.86. The Morgan fingerprint density at radius 1 is 1.47 bits per heavy atom. The summed E-state index contributed by atoms with van der Waals surface area (Å²) in [6.45, 7) is 7.96. The maximum absolute atomic E-state index is 9.33. The third-order valence-electron chi connectivity index (χ3n) is 3.33. The van der Waals surface area contributed by atoms with E-state index in [0.29, 0.717) is 6.04 Å². The second-order valence-corrected chi connectivity index (χ2v) is 5.47. The molecule has 0 aromatic carbocycles. The molecule has 1 aliphatic carbocycles. The van der Waals surface area contributed by atoms with Gasteiger partial charge in [-0.2, -0.15) is 5.26 Å². The van der Waals surface area contributed by atoms with Gasteiger partial charge in [0, 0.05) is 19.3 Å². The molecule has 3 heteroatoms. The van der Waals surface area contributed by atoms with Crippen molar-refractivity contribution in [1.82, 2.24) is 5.32 Å². The summed E-state index contributed by atoms with van der Waals surface area (Å²) in [5.74, 6) is 0.829. The lowest BCUT2D eigenvalue weighted by Crippen LogP contribution is -2.47. The number of nitrogens with one attached hydrogen (secondary N) is 1. The Morgan fingerprint density at radius 3 is 2.65 bits per heavy atom. The maximum atomic E-state index is 9.33. The molecule has 0 heterocycles. The molecule has 1 saturated carbocycles. The first-order valence-electron chi connectivity index (χ1n) is 6.88. The van der Waals surface area contributed by atoms with E-state index in [1.807, 2.05) is 0 Å². The van der Waals surface area contributed by atoms with Crippen molar-refractivity contribution < 1.29 is 4.74 Å². The maximum Gasteiger partial charge on any atom is 0.106 e. The lowest BCUT2D eigenvalue weighted by atomic mass is 9.91. The minimum Gasteiger partial charge on any atom is -0.381 e. The number of nitriles is 1. The van der Waals surface area contributed by atoms with Gasteiger partial charge in [0.2, 0.25) is 0 Å². The van der Waals surface area contributed by atoms with Gasteiger partial charge in [-0.05, 0) is 51.9 Å². The molecule has 0 saturated heterocycles. The molecule has 1 unspecified atom stereocenters. The molecule has 1 rings (SSSR count). The second-order valence-electron chi connectivity index (χ2n) is 5.47. The zero-order chi connectivity index (χ0) is 12.7. The monoisotopic (exact) mass is 238 g/mol. The van der Waals surface area contributed by atoms with Crippen LogP contribution < -0.4 is 5.32 Å². The van der Waals surface area contributed by atoms with Gasteiger partial charge in [-0.15, -0.1) is 0 Å². The van der Waals surface area contributed by atoms with E-state index in [4.69, 9.17) is 4.74 Å². The van der Waals surface area contributed by atoms with E-state index in [2.05, 4.69) is 32.2 Å². The fraction of sp³-hybridized carbons (Fsp3) is 0.929.